The van der Waals surface area contributed by atoms with Gasteiger partial charge in [0.2, 0.25) is 0 Å². The van der Waals surface area contributed by atoms with Crippen LogP contribution in [0.25, 0.3) is 0 Å². The van der Waals surface area contributed by atoms with Crippen molar-refractivity contribution >= 4 is 24.3 Å². The molecule has 2 fully saturated rings. The molecule has 3 rings (SSSR count). The maximum absolute atomic E-state index is 12.2. The molecule has 156 valence electrons. The van der Waals surface area contributed by atoms with Crippen molar-refractivity contribution < 1.29 is 23.8 Å². The van der Waals surface area contributed by atoms with Crippen molar-refractivity contribution in [3.8, 4) is 5.75 Å². The number of hydrogen-bond donors (Lipinski definition) is 1. The van der Waals surface area contributed by atoms with E-state index in [1.807, 2.05) is 25.1 Å². The Hall–Kier alpha value is -1.79. The second-order valence-electron chi connectivity index (χ2n) is 7.24. The van der Waals surface area contributed by atoms with Crippen LogP contribution in [0.1, 0.15) is 49.9 Å². The lowest BCUT2D eigenvalue weighted by Gasteiger charge is -2.41. The van der Waals surface area contributed by atoms with Gasteiger partial charge in [0.1, 0.15) is 17.4 Å². The second kappa shape index (κ2) is 10.7. The summed E-state index contributed by atoms with van der Waals surface area (Å²) in [6, 6.07) is 7.01. The molecule has 1 N–H and O–H groups in total. The molecule has 0 unspecified atom stereocenters. The van der Waals surface area contributed by atoms with E-state index in [-0.39, 0.29) is 36.5 Å². The fourth-order valence-corrected chi connectivity index (χ4v) is 4.18. The van der Waals surface area contributed by atoms with Crippen LogP contribution >= 0.6 is 12.4 Å². The number of halogens is 1. The van der Waals surface area contributed by atoms with E-state index in [0.717, 1.165) is 32.2 Å². The lowest BCUT2D eigenvalue weighted by molar-refractivity contribution is -0.147. The summed E-state index contributed by atoms with van der Waals surface area (Å²) in [6.07, 6.45) is 3.72. The van der Waals surface area contributed by atoms with Crippen molar-refractivity contribution in [1.29, 1.82) is 0 Å². The van der Waals surface area contributed by atoms with E-state index in [1.54, 1.807) is 13.0 Å². The first-order valence-electron chi connectivity index (χ1n) is 9.95. The highest BCUT2D eigenvalue weighted by molar-refractivity contribution is 5.92. The lowest BCUT2D eigenvalue weighted by Crippen LogP contribution is -2.51. The Morgan fingerprint density at radius 3 is 2.54 bits per heavy atom. The normalized spacial score (nSPS) is 26.4. The van der Waals surface area contributed by atoms with Gasteiger partial charge in [-0.1, -0.05) is 12.1 Å². The summed E-state index contributed by atoms with van der Waals surface area (Å²) in [4.78, 5) is 24.2. The third-order valence-corrected chi connectivity index (χ3v) is 5.50. The zero-order valence-electron chi connectivity index (χ0n) is 16.5. The van der Waals surface area contributed by atoms with Crippen LogP contribution in [0, 0.1) is 11.8 Å². The predicted molar refractivity (Wildman–Crippen MR) is 108 cm³/mol. The fraction of sp³-hybridized carbons (Fsp3) is 0.619. The van der Waals surface area contributed by atoms with Crippen molar-refractivity contribution in [3.05, 3.63) is 29.8 Å². The second-order valence-corrected chi connectivity index (χ2v) is 7.24. The van der Waals surface area contributed by atoms with E-state index >= 15 is 0 Å². The molecule has 2 aliphatic rings. The van der Waals surface area contributed by atoms with Crippen LogP contribution in [0.4, 0.5) is 0 Å². The fourth-order valence-electron chi connectivity index (χ4n) is 4.18. The van der Waals surface area contributed by atoms with Crippen LogP contribution in [0.5, 0.6) is 5.75 Å². The molecular weight excluding hydrogens is 382 g/mol. The molecule has 1 aromatic carbocycles. The number of benzene rings is 1. The summed E-state index contributed by atoms with van der Waals surface area (Å²) in [5.74, 6) is 1.05. The number of fused-ring (bicyclic) bond motifs is 1. The highest BCUT2D eigenvalue weighted by Gasteiger charge is 2.39. The molecule has 28 heavy (non-hydrogen) atoms. The summed E-state index contributed by atoms with van der Waals surface area (Å²) in [5, 5.41) is 3.33. The van der Waals surface area contributed by atoms with Crippen LogP contribution in [0.2, 0.25) is 0 Å². The predicted octanol–water partition coefficient (Wildman–Crippen LogP) is 3.37. The molecule has 0 spiro atoms. The Balaban J connectivity index is 0.00000280. The Kier molecular flexibility index (Phi) is 8.58. The summed E-state index contributed by atoms with van der Waals surface area (Å²) >= 11 is 0. The van der Waals surface area contributed by atoms with E-state index in [0.29, 0.717) is 36.4 Å². The van der Waals surface area contributed by atoms with E-state index in [2.05, 4.69) is 5.32 Å². The molecule has 7 heteroatoms. The Bertz CT molecular complexity index is 668. The van der Waals surface area contributed by atoms with E-state index < -0.39 is 0 Å². The standard InChI is InChI=1S/C21H29NO5.ClH/c1-3-25-20(23)17-7-5-6-8-19(17)27-16-10-9-14-13-22-18(12-15(14)11-16)21(24)26-4-2;/h5-8,14-16,18,22H,3-4,9-13H2,1-2H3;1H/t14-,15+,16-,18-;/m0./s1. The van der Waals surface area contributed by atoms with Gasteiger partial charge in [-0.15, -0.1) is 12.4 Å². The number of carbonyl (C=O) groups excluding carboxylic acids is 2. The maximum atomic E-state index is 12.2. The quantitative estimate of drug-likeness (QED) is 0.723. The first-order chi connectivity index (χ1) is 13.1. The number of ether oxygens (including phenoxy) is 3. The Morgan fingerprint density at radius 1 is 1.04 bits per heavy atom. The Labute approximate surface area is 172 Å². The van der Waals surface area contributed by atoms with Gasteiger partial charge in [-0.3, -0.25) is 4.79 Å². The van der Waals surface area contributed by atoms with Gasteiger partial charge in [0.15, 0.2) is 0 Å². The van der Waals surface area contributed by atoms with Crippen LogP contribution < -0.4 is 10.1 Å². The molecule has 1 aromatic rings. The van der Waals surface area contributed by atoms with Crippen molar-refractivity contribution in [2.24, 2.45) is 11.8 Å². The number of rotatable bonds is 6. The number of hydrogen-bond acceptors (Lipinski definition) is 6. The molecule has 0 bridgehead atoms. The lowest BCUT2D eigenvalue weighted by atomic mass is 9.72. The number of esters is 2. The van der Waals surface area contributed by atoms with Crippen molar-refractivity contribution in [1.82, 2.24) is 5.32 Å². The number of piperidine rings is 1. The van der Waals surface area contributed by atoms with Crippen molar-refractivity contribution in [2.75, 3.05) is 19.8 Å². The molecule has 0 radical (unpaired) electrons. The summed E-state index contributed by atoms with van der Waals surface area (Å²) < 4.78 is 16.5. The zero-order valence-corrected chi connectivity index (χ0v) is 17.3. The van der Waals surface area contributed by atoms with Crippen LogP contribution in [-0.4, -0.2) is 43.8 Å². The van der Waals surface area contributed by atoms with Gasteiger partial charge in [0.25, 0.3) is 0 Å². The van der Waals surface area contributed by atoms with Gasteiger partial charge >= 0.3 is 11.9 Å². The molecule has 4 atom stereocenters. The minimum absolute atomic E-state index is 0. The number of nitrogens with one attached hydrogen (secondary N) is 1. The minimum Gasteiger partial charge on any atom is -0.490 e. The molecule has 6 nitrogen and oxygen atoms in total. The van der Waals surface area contributed by atoms with Crippen LogP contribution in [0.3, 0.4) is 0 Å². The third-order valence-electron chi connectivity index (χ3n) is 5.50. The van der Waals surface area contributed by atoms with E-state index in [4.69, 9.17) is 14.2 Å². The van der Waals surface area contributed by atoms with Gasteiger partial charge in [0.05, 0.1) is 19.3 Å². The molecule has 1 saturated heterocycles. The van der Waals surface area contributed by atoms with Gasteiger partial charge in [-0.25, -0.2) is 4.79 Å². The van der Waals surface area contributed by atoms with Crippen molar-refractivity contribution in [3.63, 3.8) is 0 Å². The molecule has 0 amide bonds. The maximum Gasteiger partial charge on any atom is 0.341 e. The van der Waals surface area contributed by atoms with Gasteiger partial charge in [-0.2, -0.15) is 0 Å². The number of para-hydroxylation sites is 1. The Morgan fingerprint density at radius 2 is 1.79 bits per heavy atom. The molecular formula is C21H30ClNO5. The van der Waals surface area contributed by atoms with E-state index in [1.165, 1.54) is 0 Å². The molecule has 0 aromatic heterocycles. The van der Waals surface area contributed by atoms with Gasteiger partial charge < -0.3 is 19.5 Å². The largest absolute Gasteiger partial charge is 0.490 e. The smallest absolute Gasteiger partial charge is 0.341 e. The summed E-state index contributed by atoms with van der Waals surface area (Å²) in [7, 11) is 0. The van der Waals surface area contributed by atoms with Gasteiger partial charge in [-0.05, 0) is 70.0 Å². The average molecular weight is 412 g/mol. The SMILES string of the molecule is CCOC(=O)c1ccccc1O[C@H]1CC[C@H]2CN[C@H](C(=O)OCC)C[C@H]2C1.Cl. The summed E-state index contributed by atoms with van der Waals surface area (Å²) in [6.45, 7) is 5.21. The molecule has 1 saturated carbocycles. The molecule has 1 aliphatic carbocycles. The monoisotopic (exact) mass is 411 g/mol. The topological polar surface area (TPSA) is 73.9 Å². The van der Waals surface area contributed by atoms with Crippen LogP contribution in [-0.2, 0) is 14.3 Å². The summed E-state index contributed by atoms with van der Waals surface area (Å²) in [5.41, 5.74) is 0.469. The van der Waals surface area contributed by atoms with Crippen LogP contribution in [0.15, 0.2) is 24.3 Å². The third kappa shape index (κ3) is 5.39. The zero-order chi connectivity index (χ0) is 19.2. The van der Waals surface area contributed by atoms with E-state index in [9.17, 15) is 9.59 Å². The first kappa shape index (κ1) is 22.5. The first-order valence-corrected chi connectivity index (χ1v) is 9.95. The average Bonchev–Trinajstić information content (AvgIpc) is 2.68. The highest BCUT2D eigenvalue weighted by Crippen LogP contribution is 2.38. The van der Waals surface area contributed by atoms with Gasteiger partial charge in [0, 0.05) is 0 Å². The van der Waals surface area contributed by atoms with Crippen molar-refractivity contribution in [2.45, 2.75) is 51.7 Å². The molecule has 1 aliphatic heterocycles. The highest BCUT2D eigenvalue weighted by atomic mass is 35.5. The number of carbonyl (C=O) groups is 2. The minimum atomic E-state index is -0.356. The molecule has 1 heterocycles.